The van der Waals surface area contributed by atoms with Crippen LogP contribution in [0.25, 0.3) is 0 Å². The number of aryl methyl sites for hydroxylation is 2. The summed E-state index contributed by atoms with van der Waals surface area (Å²) in [5, 5.41) is 23.9. The number of tetrazole rings is 1. The van der Waals surface area contributed by atoms with Crippen LogP contribution in [0, 0.1) is 12.8 Å². The second-order valence-electron chi connectivity index (χ2n) is 6.28. The number of aliphatic hydroxyl groups is 1. The van der Waals surface area contributed by atoms with Crippen molar-refractivity contribution in [2.45, 2.75) is 51.3 Å². The number of pyridine rings is 1. The average molecular weight is 330 g/mol. The van der Waals surface area contributed by atoms with E-state index < -0.39 is 0 Å². The van der Waals surface area contributed by atoms with Gasteiger partial charge in [-0.2, -0.15) is 0 Å². The number of amides is 1. The fourth-order valence-electron chi connectivity index (χ4n) is 2.98. The molecule has 128 valence electrons. The quantitative estimate of drug-likeness (QED) is 0.754. The average Bonchev–Trinajstić information content (AvgIpc) is 2.95. The molecular weight excluding hydrogens is 308 g/mol. The van der Waals surface area contributed by atoms with Crippen molar-refractivity contribution in [3.63, 3.8) is 0 Å². The van der Waals surface area contributed by atoms with Crippen LogP contribution in [0.4, 0.5) is 0 Å². The van der Waals surface area contributed by atoms with Crippen LogP contribution < -0.4 is 5.32 Å². The Morgan fingerprint density at radius 1 is 1.46 bits per heavy atom. The number of hydrogen-bond acceptors (Lipinski definition) is 6. The molecule has 2 aromatic heterocycles. The lowest BCUT2D eigenvalue weighted by atomic mass is 9.76. The summed E-state index contributed by atoms with van der Waals surface area (Å²) < 4.78 is 1.61. The molecule has 1 saturated carbocycles. The van der Waals surface area contributed by atoms with E-state index >= 15 is 0 Å². The van der Waals surface area contributed by atoms with Gasteiger partial charge in [0, 0.05) is 30.8 Å². The fourth-order valence-corrected chi connectivity index (χ4v) is 2.98. The number of carbonyl (C=O) groups is 1. The Bertz CT molecular complexity index is 668. The predicted octanol–water partition coefficient (Wildman–Crippen LogP) is 0.265. The SMILES string of the molecule is Cc1nnnn1CCC(=O)N[C@H](Cc1ccccn1)C1CC(O)C1. The highest BCUT2D eigenvalue weighted by Crippen LogP contribution is 2.31. The van der Waals surface area contributed by atoms with Crippen LogP contribution in [0.5, 0.6) is 0 Å². The molecule has 8 heteroatoms. The molecule has 1 fully saturated rings. The first-order chi connectivity index (χ1) is 11.6. The lowest BCUT2D eigenvalue weighted by Crippen LogP contribution is -2.48. The van der Waals surface area contributed by atoms with Crippen molar-refractivity contribution in [1.29, 1.82) is 0 Å². The first-order valence-corrected chi connectivity index (χ1v) is 8.22. The van der Waals surface area contributed by atoms with Crippen molar-refractivity contribution in [3.8, 4) is 0 Å². The summed E-state index contributed by atoms with van der Waals surface area (Å²) in [6.45, 7) is 2.26. The minimum absolute atomic E-state index is 0.00855. The molecule has 1 aliphatic rings. The molecule has 0 aromatic carbocycles. The number of aliphatic hydroxyl groups excluding tert-OH is 1. The normalized spacial score (nSPS) is 21.1. The van der Waals surface area contributed by atoms with E-state index in [2.05, 4.69) is 25.8 Å². The first-order valence-electron chi connectivity index (χ1n) is 8.22. The van der Waals surface area contributed by atoms with Crippen molar-refractivity contribution in [3.05, 3.63) is 35.9 Å². The van der Waals surface area contributed by atoms with E-state index in [9.17, 15) is 9.90 Å². The number of nitrogens with one attached hydrogen (secondary N) is 1. The maximum absolute atomic E-state index is 12.3. The lowest BCUT2D eigenvalue weighted by Gasteiger charge is -2.38. The predicted molar refractivity (Wildman–Crippen MR) is 85.8 cm³/mol. The second-order valence-corrected chi connectivity index (χ2v) is 6.28. The lowest BCUT2D eigenvalue weighted by molar-refractivity contribution is -0.123. The van der Waals surface area contributed by atoms with Crippen LogP contribution in [0.15, 0.2) is 24.4 Å². The molecule has 24 heavy (non-hydrogen) atoms. The Labute approximate surface area is 140 Å². The first kappa shape index (κ1) is 16.5. The largest absolute Gasteiger partial charge is 0.393 e. The zero-order valence-corrected chi connectivity index (χ0v) is 13.7. The van der Waals surface area contributed by atoms with Crippen molar-refractivity contribution in [2.75, 3.05) is 0 Å². The third-order valence-electron chi connectivity index (χ3n) is 4.48. The Morgan fingerprint density at radius 3 is 2.92 bits per heavy atom. The summed E-state index contributed by atoms with van der Waals surface area (Å²) in [4.78, 5) is 16.6. The zero-order valence-electron chi connectivity index (χ0n) is 13.7. The molecular formula is C16H22N6O2. The van der Waals surface area contributed by atoms with Crippen LogP contribution >= 0.6 is 0 Å². The van der Waals surface area contributed by atoms with Crippen LogP contribution in [0.2, 0.25) is 0 Å². The number of aromatic nitrogens is 5. The van der Waals surface area contributed by atoms with Gasteiger partial charge in [-0.1, -0.05) is 6.07 Å². The van der Waals surface area contributed by atoms with Gasteiger partial charge in [-0.25, -0.2) is 4.68 Å². The van der Waals surface area contributed by atoms with Gasteiger partial charge >= 0.3 is 0 Å². The Hall–Kier alpha value is -2.35. The van der Waals surface area contributed by atoms with Crippen LogP contribution in [-0.2, 0) is 17.8 Å². The van der Waals surface area contributed by atoms with Crippen molar-refractivity contribution < 1.29 is 9.90 Å². The van der Waals surface area contributed by atoms with E-state index in [1.165, 1.54) is 0 Å². The van der Waals surface area contributed by atoms with Gasteiger partial charge in [0.15, 0.2) is 0 Å². The highest BCUT2D eigenvalue weighted by molar-refractivity contribution is 5.76. The number of rotatable bonds is 7. The number of carbonyl (C=O) groups excluding carboxylic acids is 1. The summed E-state index contributed by atoms with van der Waals surface area (Å²) >= 11 is 0. The molecule has 0 radical (unpaired) electrons. The van der Waals surface area contributed by atoms with Crippen LogP contribution in [-0.4, -0.2) is 48.4 Å². The summed E-state index contributed by atoms with van der Waals surface area (Å²) in [5.41, 5.74) is 0.945. The van der Waals surface area contributed by atoms with E-state index in [1.54, 1.807) is 17.8 Å². The van der Waals surface area contributed by atoms with Gasteiger partial charge in [-0.3, -0.25) is 9.78 Å². The Morgan fingerprint density at radius 2 is 2.29 bits per heavy atom. The topological polar surface area (TPSA) is 106 Å². The van der Waals surface area contributed by atoms with Gasteiger partial charge in [-0.05, 0) is 48.2 Å². The van der Waals surface area contributed by atoms with Crippen molar-refractivity contribution in [1.82, 2.24) is 30.5 Å². The molecule has 0 saturated heterocycles. The third-order valence-corrected chi connectivity index (χ3v) is 4.48. The minimum atomic E-state index is -0.248. The molecule has 1 amide bonds. The molecule has 1 aliphatic carbocycles. The molecule has 2 N–H and O–H groups in total. The van der Waals surface area contributed by atoms with E-state index in [1.807, 2.05) is 18.2 Å². The van der Waals surface area contributed by atoms with Gasteiger partial charge in [0.2, 0.25) is 5.91 Å². The number of nitrogens with zero attached hydrogens (tertiary/aromatic N) is 5. The molecule has 0 aliphatic heterocycles. The molecule has 3 rings (SSSR count). The monoisotopic (exact) mass is 330 g/mol. The molecule has 2 aromatic rings. The van der Waals surface area contributed by atoms with Gasteiger partial charge in [0.05, 0.1) is 12.6 Å². The standard InChI is InChI=1S/C16H22N6O2/c1-11-19-20-21-22(11)7-5-16(24)18-15(12-8-14(23)9-12)10-13-4-2-3-6-17-13/h2-4,6,12,14-15,23H,5,7-10H2,1H3,(H,18,24)/t12?,14?,15-/m1/s1. The molecule has 8 nitrogen and oxygen atoms in total. The molecule has 0 bridgehead atoms. The van der Waals surface area contributed by atoms with E-state index in [-0.39, 0.29) is 18.1 Å². The minimum Gasteiger partial charge on any atom is -0.393 e. The third kappa shape index (κ3) is 4.14. The van der Waals surface area contributed by atoms with Crippen molar-refractivity contribution >= 4 is 5.91 Å². The summed E-state index contributed by atoms with van der Waals surface area (Å²) in [5.74, 6) is 0.947. The zero-order chi connectivity index (χ0) is 16.9. The van der Waals surface area contributed by atoms with Gasteiger partial charge in [-0.15, -0.1) is 5.10 Å². The summed E-state index contributed by atoms with van der Waals surface area (Å²) in [6, 6.07) is 5.76. The highest BCUT2D eigenvalue weighted by Gasteiger charge is 2.34. The summed E-state index contributed by atoms with van der Waals surface area (Å²) in [7, 11) is 0. The molecule has 2 heterocycles. The fraction of sp³-hybridized carbons (Fsp3) is 0.562. The van der Waals surface area contributed by atoms with Crippen LogP contribution in [0.1, 0.15) is 30.8 Å². The molecule has 1 atom stereocenters. The van der Waals surface area contributed by atoms with Gasteiger partial charge < -0.3 is 10.4 Å². The van der Waals surface area contributed by atoms with E-state index in [0.29, 0.717) is 31.1 Å². The van der Waals surface area contributed by atoms with Gasteiger partial charge in [0.25, 0.3) is 0 Å². The molecule has 0 unspecified atom stereocenters. The maximum Gasteiger partial charge on any atom is 0.222 e. The van der Waals surface area contributed by atoms with E-state index in [4.69, 9.17) is 0 Å². The van der Waals surface area contributed by atoms with Crippen molar-refractivity contribution in [2.24, 2.45) is 5.92 Å². The smallest absolute Gasteiger partial charge is 0.222 e. The van der Waals surface area contributed by atoms with E-state index in [0.717, 1.165) is 18.5 Å². The summed E-state index contributed by atoms with van der Waals surface area (Å²) in [6.07, 6.45) is 3.95. The Kier molecular flexibility index (Phi) is 5.14. The highest BCUT2D eigenvalue weighted by atomic mass is 16.3. The Balaban J connectivity index is 1.56. The van der Waals surface area contributed by atoms with Crippen LogP contribution in [0.3, 0.4) is 0 Å². The second kappa shape index (κ2) is 7.48. The van der Waals surface area contributed by atoms with Gasteiger partial charge in [0.1, 0.15) is 5.82 Å². The molecule has 0 spiro atoms. The maximum atomic E-state index is 12.3. The number of hydrogen-bond donors (Lipinski definition) is 2.